The molecular formula is C12H19O5PS. The molecule has 19 heavy (non-hydrogen) atoms. The summed E-state index contributed by atoms with van der Waals surface area (Å²) in [6, 6.07) is 1.73. The van der Waals surface area contributed by atoms with Gasteiger partial charge in [-0.15, -0.1) is 0 Å². The molecule has 0 aliphatic rings. The Labute approximate surface area is 117 Å². The van der Waals surface area contributed by atoms with Crippen LogP contribution in [-0.2, 0) is 23.1 Å². The molecule has 1 aromatic heterocycles. The van der Waals surface area contributed by atoms with Gasteiger partial charge in [0.25, 0.3) is 0 Å². The van der Waals surface area contributed by atoms with Crippen LogP contribution >= 0.6 is 18.9 Å². The maximum Gasteiger partial charge on any atom is 0.349 e. The van der Waals surface area contributed by atoms with Crippen molar-refractivity contribution in [1.29, 1.82) is 0 Å². The van der Waals surface area contributed by atoms with E-state index in [4.69, 9.17) is 13.8 Å². The molecule has 0 saturated heterocycles. The van der Waals surface area contributed by atoms with Crippen LogP contribution in [0.3, 0.4) is 0 Å². The van der Waals surface area contributed by atoms with Crippen molar-refractivity contribution in [2.45, 2.75) is 26.4 Å². The number of hydrogen-bond donors (Lipinski definition) is 0. The Morgan fingerprint density at radius 2 is 1.89 bits per heavy atom. The molecule has 7 heteroatoms. The number of carbonyl (C=O) groups excluding carboxylic acids is 1. The van der Waals surface area contributed by atoms with Gasteiger partial charge >= 0.3 is 13.6 Å². The summed E-state index contributed by atoms with van der Waals surface area (Å²) in [6.45, 7) is 5.75. The average molecular weight is 306 g/mol. The first kappa shape index (κ1) is 16.4. The summed E-state index contributed by atoms with van der Waals surface area (Å²) in [4.78, 5) is 12.1. The monoisotopic (exact) mass is 306 g/mol. The highest BCUT2D eigenvalue weighted by molar-refractivity contribution is 7.55. The molecule has 1 heterocycles. The van der Waals surface area contributed by atoms with Crippen molar-refractivity contribution in [3.63, 3.8) is 0 Å². The summed E-state index contributed by atoms with van der Waals surface area (Å²) in [5.41, 5.74) is -0.410. The lowest BCUT2D eigenvalue weighted by Gasteiger charge is -2.24. The number of thiophene rings is 1. The fourth-order valence-corrected chi connectivity index (χ4v) is 4.38. The number of hydrogen-bond acceptors (Lipinski definition) is 6. The zero-order chi connectivity index (χ0) is 14.3. The third-order valence-electron chi connectivity index (χ3n) is 2.30. The second-order valence-corrected chi connectivity index (χ2v) is 6.48. The standard InChI is InChI=1S/C12H19O5PS/c1-4-15-12(13)11(10-7-8-19-9-10)18(14,16-5-2)17-6-3/h7-9,11H,4-6H2,1-3H3. The fraction of sp³-hybridized carbons (Fsp3) is 0.583. The first-order valence-electron chi connectivity index (χ1n) is 6.16. The van der Waals surface area contributed by atoms with Crippen LogP contribution in [0.4, 0.5) is 0 Å². The van der Waals surface area contributed by atoms with Gasteiger partial charge in [-0.05, 0) is 43.2 Å². The maximum absolute atomic E-state index is 12.8. The SMILES string of the molecule is CCOC(=O)C(c1ccsc1)P(=O)(OCC)OCC. The van der Waals surface area contributed by atoms with Crippen molar-refractivity contribution in [2.24, 2.45) is 0 Å². The van der Waals surface area contributed by atoms with Crippen LogP contribution in [0, 0.1) is 0 Å². The van der Waals surface area contributed by atoms with Gasteiger partial charge in [0.1, 0.15) is 0 Å². The fourth-order valence-electron chi connectivity index (χ4n) is 1.65. The number of carbonyl (C=O) groups is 1. The number of rotatable bonds is 8. The largest absolute Gasteiger partial charge is 0.465 e. The topological polar surface area (TPSA) is 61.8 Å². The van der Waals surface area contributed by atoms with E-state index < -0.39 is 19.2 Å². The Bertz CT molecular complexity index is 421. The van der Waals surface area contributed by atoms with Gasteiger partial charge in [-0.1, -0.05) is 0 Å². The van der Waals surface area contributed by atoms with Crippen LogP contribution in [0.15, 0.2) is 16.8 Å². The highest BCUT2D eigenvalue weighted by Crippen LogP contribution is 2.61. The van der Waals surface area contributed by atoms with Crippen LogP contribution in [0.2, 0.25) is 0 Å². The molecule has 0 N–H and O–H groups in total. The van der Waals surface area contributed by atoms with Gasteiger partial charge in [0.15, 0.2) is 5.66 Å². The highest BCUT2D eigenvalue weighted by atomic mass is 32.1. The van der Waals surface area contributed by atoms with E-state index in [0.717, 1.165) is 0 Å². The smallest absolute Gasteiger partial charge is 0.349 e. The molecule has 0 fully saturated rings. The molecule has 0 amide bonds. The molecule has 0 saturated carbocycles. The predicted octanol–water partition coefficient (Wildman–Crippen LogP) is 3.62. The van der Waals surface area contributed by atoms with Crippen LogP contribution < -0.4 is 0 Å². The lowest BCUT2D eigenvalue weighted by Crippen LogP contribution is -2.18. The molecule has 0 aromatic carbocycles. The van der Waals surface area contributed by atoms with Crippen molar-refractivity contribution in [3.05, 3.63) is 22.4 Å². The lowest BCUT2D eigenvalue weighted by molar-refractivity contribution is -0.143. The second-order valence-electron chi connectivity index (χ2n) is 3.59. The molecule has 1 rings (SSSR count). The molecule has 5 nitrogen and oxygen atoms in total. The van der Waals surface area contributed by atoms with Crippen molar-refractivity contribution in [2.75, 3.05) is 19.8 Å². The molecule has 0 bridgehead atoms. The van der Waals surface area contributed by atoms with Crippen LogP contribution in [0.25, 0.3) is 0 Å². The Morgan fingerprint density at radius 1 is 1.26 bits per heavy atom. The van der Waals surface area contributed by atoms with Crippen LogP contribution in [0.5, 0.6) is 0 Å². The molecule has 1 atom stereocenters. The van der Waals surface area contributed by atoms with Crippen molar-refractivity contribution >= 4 is 24.9 Å². The molecule has 1 aromatic rings. The lowest BCUT2D eigenvalue weighted by atomic mass is 10.2. The average Bonchev–Trinajstić information content (AvgIpc) is 2.83. The zero-order valence-corrected chi connectivity index (χ0v) is 13.0. The van der Waals surface area contributed by atoms with E-state index in [1.165, 1.54) is 11.3 Å². The Kier molecular flexibility index (Phi) is 6.72. The van der Waals surface area contributed by atoms with E-state index >= 15 is 0 Å². The van der Waals surface area contributed by atoms with E-state index in [9.17, 15) is 9.36 Å². The summed E-state index contributed by atoms with van der Waals surface area (Å²) >= 11 is 1.42. The summed E-state index contributed by atoms with van der Waals surface area (Å²) in [6.07, 6.45) is 0. The van der Waals surface area contributed by atoms with E-state index in [0.29, 0.717) is 5.56 Å². The minimum absolute atomic E-state index is 0.206. The number of ether oxygens (including phenoxy) is 1. The summed E-state index contributed by atoms with van der Waals surface area (Å²) in [5, 5.41) is 3.57. The Balaban J connectivity index is 3.13. The first-order chi connectivity index (χ1) is 9.09. The minimum atomic E-state index is -3.57. The molecule has 0 radical (unpaired) electrons. The third-order valence-corrected chi connectivity index (χ3v) is 5.38. The third kappa shape index (κ3) is 4.14. The molecular weight excluding hydrogens is 287 g/mol. The van der Waals surface area contributed by atoms with Crippen LogP contribution in [-0.4, -0.2) is 25.8 Å². The van der Waals surface area contributed by atoms with Gasteiger partial charge in [0.2, 0.25) is 0 Å². The van der Waals surface area contributed by atoms with E-state index in [1.54, 1.807) is 32.2 Å². The van der Waals surface area contributed by atoms with Crippen LogP contribution in [0.1, 0.15) is 32.0 Å². The summed E-state index contributed by atoms with van der Waals surface area (Å²) in [5.74, 6) is -0.578. The Hall–Kier alpha value is -0.680. The van der Waals surface area contributed by atoms with Gasteiger partial charge in [0.05, 0.1) is 19.8 Å². The second kappa shape index (κ2) is 7.80. The first-order valence-corrected chi connectivity index (χ1v) is 8.72. The Morgan fingerprint density at radius 3 is 2.32 bits per heavy atom. The van der Waals surface area contributed by atoms with Gasteiger partial charge in [0, 0.05) is 0 Å². The highest BCUT2D eigenvalue weighted by Gasteiger charge is 2.43. The van der Waals surface area contributed by atoms with Crippen molar-refractivity contribution < 1.29 is 23.1 Å². The zero-order valence-electron chi connectivity index (χ0n) is 11.3. The summed E-state index contributed by atoms with van der Waals surface area (Å²) in [7, 11) is -3.57. The molecule has 0 spiro atoms. The van der Waals surface area contributed by atoms with E-state index in [2.05, 4.69) is 0 Å². The van der Waals surface area contributed by atoms with E-state index in [-0.39, 0.29) is 19.8 Å². The minimum Gasteiger partial charge on any atom is -0.465 e. The predicted molar refractivity (Wildman–Crippen MR) is 74.6 cm³/mol. The maximum atomic E-state index is 12.8. The van der Waals surface area contributed by atoms with Gasteiger partial charge < -0.3 is 13.8 Å². The molecule has 0 aliphatic carbocycles. The molecule has 0 aliphatic heterocycles. The van der Waals surface area contributed by atoms with E-state index in [1.807, 2.05) is 5.38 Å². The molecule has 1 unspecified atom stereocenters. The normalized spacial score (nSPS) is 13.2. The van der Waals surface area contributed by atoms with Crippen molar-refractivity contribution in [1.82, 2.24) is 0 Å². The number of esters is 1. The van der Waals surface area contributed by atoms with Gasteiger partial charge in [-0.2, -0.15) is 11.3 Å². The quantitative estimate of drug-likeness (QED) is 0.542. The summed E-state index contributed by atoms with van der Waals surface area (Å²) < 4.78 is 28.3. The van der Waals surface area contributed by atoms with Gasteiger partial charge in [-0.25, -0.2) is 0 Å². The van der Waals surface area contributed by atoms with Crippen molar-refractivity contribution in [3.8, 4) is 0 Å². The molecule has 108 valence electrons. The van der Waals surface area contributed by atoms with Gasteiger partial charge in [-0.3, -0.25) is 9.36 Å².